The summed E-state index contributed by atoms with van der Waals surface area (Å²) in [5.74, 6) is 1.66. The Balaban J connectivity index is 2.42. The molecule has 0 spiro atoms. The molecule has 0 aromatic rings. The van der Waals surface area contributed by atoms with Crippen molar-refractivity contribution in [2.75, 3.05) is 18.1 Å². The molecule has 4 nitrogen and oxygen atoms in total. The van der Waals surface area contributed by atoms with Crippen LogP contribution in [0.25, 0.3) is 0 Å². The van der Waals surface area contributed by atoms with Crippen LogP contribution in [0.2, 0.25) is 0 Å². The number of aliphatic hydroxyl groups is 1. The van der Waals surface area contributed by atoms with E-state index in [1.165, 1.54) is 0 Å². The molecule has 16 heavy (non-hydrogen) atoms. The molecule has 94 valence electrons. The lowest BCUT2D eigenvalue weighted by atomic mass is 10.2. The van der Waals surface area contributed by atoms with Crippen molar-refractivity contribution in [2.24, 2.45) is 10.1 Å². The maximum absolute atomic E-state index is 12.2. The topological polar surface area (TPSA) is 75.7 Å². The number of aliphatic hydroxyl groups excluding tert-OH is 1. The molecule has 0 bridgehead atoms. The van der Waals surface area contributed by atoms with Crippen molar-refractivity contribution in [2.45, 2.75) is 38.6 Å². The highest BCUT2D eigenvalue weighted by molar-refractivity contribution is 7.93. The Hall–Kier alpha value is -0.550. The van der Waals surface area contributed by atoms with Crippen LogP contribution in [0.1, 0.15) is 32.6 Å². The number of rotatable bonds is 4. The van der Waals surface area contributed by atoms with Crippen LogP contribution in [0.3, 0.4) is 0 Å². The van der Waals surface area contributed by atoms with Gasteiger partial charge in [0.25, 0.3) is 0 Å². The van der Waals surface area contributed by atoms with Crippen LogP contribution in [0, 0.1) is 0 Å². The van der Waals surface area contributed by atoms with Gasteiger partial charge in [0.15, 0.2) is 0 Å². The Kier molecular flexibility index (Phi) is 5.28. The molecule has 0 atom stereocenters. The maximum atomic E-state index is 12.2. The summed E-state index contributed by atoms with van der Waals surface area (Å²) in [5, 5.41) is 9.23. The first-order chi connectivity index (χ1) is 7.56. The average Bonchev–Trinajstić information content (AvgIpc) is 2.29. The zero-order valence-corrected chi connectivity index (χ0v) is 10.7. The fourth-order valence-electron chi connectivity index (χ4n) is 1.64. The van der Waals surface area contributed by atoms with Gasteiger partial charge in [-0.2, -0.15) is 0 Å². The molecule has 5 heteroatoms. The summed E-state index contributed by atoms with van der Waals surface area (Å²) in [6.45, 7) is 2.43. The standard InChI is InChI=1S/C11H22N2O2S/c1-2-11(14)4-3-7-13-16(15)8-5-10(12)6-9-16/h4,10,14H,2-3,5-9,12H2,1H3/b11-4+. The molecule has 0 aromatic heterocycles. The van der Waals surface area contributed by atoms with Gasteiger partial charge >= 0.3 is 0 Å². The summed E-state index contributed by atoms with van der Waals surface area (Å²) in [7, 11) is -1.99. The van der Waals surface area contributed by atoms with Gasteiger partial charge in [0.05, 0.1) is 12.3 Å². The molecule has 3 N–H and O–H groups in total. The van der Waals surface area contributed by atoms with Gasteiger partial charge < -0.3 is 10.8 Å². The molecule has 0 aliphatic carbocycles. The first kappa shape index (κ1) is 13.5. The Morgan fingerprint density at radius 3 is 2.75 bits per heavy atom. The van der Waals surface area contributed by atoms with Crippen molar-refractivity contribution in [3.8, 4) is 0 Å². The fraction of sp³-hybridized carbons (Fsp3) is 0.818. The Morgan fingerprint density at radius 2 is 2.19 bits per heavy atom. The van der Waals surface area contributed by atoms with Gasteiger partial charge in [0.2, 0.25) is 0 Å². The van der Waals surface area contributed by atoms with E-state index in [2.05, 4.69) is 4.36 Å². The van der Waals surface area contributed by atoms with E-state index in [1.807, 2.05) is 6.92 Å². The third-order valence-electron chi connectivity index (χ3n) is 2.81. The van der Waals surface area contributed by atoms with Crippen LogP contribution < -0.4 is 5.73 Å². The number of nitrogens with two attached hydrogens (primary N) is 1. The van der Waals surface area contributed by atoms with Crippen molar-refractivity contribution in [1.29, 1.82) is 0 Å². The normalized spacial score (nSPS) is 31.4. The lowest BCUT2D eigenvalue weighted by Crippen LogP contribution is -2.32. The average molecular weight is 246 g/mol. The van der Waals surface area contributed by atoms with Crippen molar-refractivity contribution in [3.05, 3.63) is 11.8 Å². The highest BCUT2D eigenvalue weighted by Gasteiger charge is 2.19. The quantitative estimate of drug-likeness (QED) is 0.587. The molecule has 1 fully saturated rings. The monoisotopic (exact) mass is 246 g/mol. The second-order valence-electron chi connectivity index (χ2n) is 4.21. The molecule has 0 saturated carbocycles. The Morgan fingerprint density at radius 1 is 1.56 bits per heavy atom. The molecular weight excluding hydrogens is 224 g/mol. The van der Waals surface area contributed by atoms with Crippen molar-refractivity contribution < 1.29 is 9.32 Å². The van der Waals surface area contributed by atoms with E-state index in [0.717, 1.165) is 12.8 Å². The van der Waals surface area contributed by atoms with Gasteiger partial charge in [-0.15, -0.1) is 0 Å². The molecule has 0 radical (unpaired) electrons. The van der Waals surface area contributed by atoms with Gasteiger partial charge in [0, 0.05) is 33.7 Å². The van der Waals surface area contributed by atoms with E-state index in [0.29, 0.717) is 36.7 Å². The molecule has 0 unspecified atom stereocenters. The highest BCUT2D eigenvalue weighted by Crippen LogP contribution is 2.13. The van der Waals surface area contributed by atoms with Crippen molar-refractivity contribution in [3.63, 3.8) is 0 Å². The third kappa shape index (κ3) is 4.53. The lowest BCUT2D eigenvalue weighted by molar-refractivity contribution is 0.391. The minimum atomic E-state index is -1.99. The van der Waals surface area contributed by atoms with Crippen LogP contribution in [0.15, 0.2) is 16.2 Å². The second kappa shape index (κ2) is 6.25. The van der Waals surface area contributed by atoms with Crippen LogP contribution in [-0.2, 0) is 9.73 Å². The second-order valence-corrected chi connectivity index (χ2v) is 6.83. The van der Waals surface area contributed by atoms with E-state index >= 15 is 0 Å². The first-order valence-corrected chi connectivity index (χ1v) is 7.73. The molecule has 1 aliphatic heterocycles. The SMILES string of the molecule is CC/C(O)=C\CCN=S1(=O)CCC(N)CC1. The van der Waals surface area contributed by atoms with E-state index in [-0.39, 0.29) is 6.04 Å². The van der Waals surface area contributed by atoms with Gasteiger partial charge in [-0.1, -0.05) is 6.92 Å². The summed E-state index contributed by atoms with van der Waals surface area (Å²) in [4.78, 5) is 0. The number of allylic oxidation sites excluding steroid dienone is 1. The molecular formula is C11H22N2O2S. The minimum absolute atomic E-state index is 0.203. The summed E-state index contributed by atoms with van der Waals surface area (Å²) in [5.41, 5.74) is 5.76. The molecule has 1 aliphatic rings. The van der Waals surface area contributed by atoms with Crippen LogP contribution >= 0.6 is 0 Å². The van der Waals surface area contributed by atoms with Crippen LogP contribution in [-0.4, -0.2) is 33.4 Å². The zero-order valence-electron chi connectivity index (χ0n) is 9.89. The molecule has 1 rings (SSSR count). The van der Waals surface area contributed by atoms with Gasteiger partial charge in [-0.3, -0.25) is 0 Å². The Bertz CT molecular complexity index is 343. The maximum Gasteiger partial charge on any atom is 0.0880 e. The third-order valence-corrected chi connectivity index (χ3v) is 5.21. The smallest absolute Gasteiger partial charge is 0.0880 e. The first-order valence-electron chi connectivity index (χ1n) is 5.87. The lowest BCUT2D eigenvalue weighted by Gasteiger charge is -2.20. The predicted octanol–water partition coefficient (Wildman–Crippen LogP) is 1.82. The number of nitrogens with zero attached hydrogens (tertiary/aromatic N) is 1. The molecule has 1 heterocycles. The molecule has 1 saturated heterocycles. The van der Waals surface area contributed by atoms with Crippen LogP contribution in [0.4, 0.5) is 0 Å². The number of hydrogen-bond donors (Lipinski definition) is 2. The summed E-state index contributed by atoms with van der Waals surface area (Å²) >= 11 is 0. The van der Waals surface area contributed by atoms with Crippen molar-refractivity contribution in [1.82, 2.24) is 0 Å². The highest BCUT2D eigenvalue weighted by atomic mass is 32.2. The minimum Gasteiger partial charge on any atom is -0.513 e. The van der Waals surface area contributed by atoms with E-state index in [9.17, 15) is 9.32 Å². The van der Waals surface area contributed by atoms with Gasteiger partial charge in [0.1, 0.15) is 0 Å². The molecule has 0 aromatic carbocycles. The Labute approximate surface area is 98.1 Å². The van der Waals surface area contributed by atoms with Gasteiger partial charge in [-0.05, 0) is 25.3 Å². The fourth-order valence-corrected chi connectivity index (χ4v) is 3.88. The van der Waals surface area contributed by atoms with Crippen LogP contribution in [0.5, 0.6) is 0 Å². The molecule has 0 amide bonds. The summed E-state index contributed by atoms with van der Waals surface area (Å²) in [6, 6.07) is 0.203. The van der Waals surface area contributed by atoms with E-state index < -0.39 is 9.73 Å². The van der Waals surface area contributed by atoms with Gasteiger partial charge in [-0.25, -0.2) is 8.57 Å². The van der Waals surface area contributed by atoms with E-state index in [4.69, 9.17) is 5.73 Å². The summed E-state index contributed by atoms with van der Waals surface area (Å²) < 4.78 is 16.4. The summed E-state index contributed by atoms with van der Waals surface area (Å²) in [6.07, 6.45) is 4.70. The van der Waals surface area contributed by atoms with Crippen molar-refractivity contribution >= 4 is 9.73 Å². The predicted molar refractivity (Wildman–Crippen MR) is 68.0 cm³/mol. The zero-order chi connectivity index (χ0) is 12.0. The van der Waals surface area contributed by atoms with E-state index in [1.54, 1.807) is 6.08 Å². The number of hydrogen-bond acceptors (Lipinski definition) is 4. The largest absolute Gasteiger partial charge is 0.513 e.